The van der Waals surface area contributed by atoms with Crippen molar-refractivity contribution in [2.45, 2.75) is 18.1 Å². The second-order valence-corrected chi connectivity index (χ2v) is 8.80. The van der Waals surface area contributed by atoms with E-state index in [1.165, 1.54) is 11.8 Å². The number of hydrogen-bond donors (Lipinski definition) is 1. The molecule has 1 aromatic heterocycles. The van der Waals surface area contributed by atoms with Crippen molar-refractivity contribution in [1.82, 2.24) is 14.8 Å². The maximum atomic E-state index is 12.6. The molecule has 2 amide bonds. The number of anilines is 2. The Morgan fingerprint density at radius 3 is 2.74 bits per heavy atom. The predicted octanol–water partition coefficient (Wildman–Crippen LogP) is 3.80. The van der Waals surface area contributed by atoms with E-state index in [1.807, 2.05) is 67.1 Å². The standard InChI is InChI=1S/C21H20BrN5O3S/c1-13(27-16-5-3-4-6-17(16)30-11-19(27)29)20-24-25-21(26(20)2)31-12-18(28)23-15-9-7-14(22)8-10-15/h3-10,13H,11-12H2,1-2H3,(H,23,28). The Morgan fingerprint density at radius 1 is 1.23 bits per heavy atom. The molecular formula is C21H20BrN5O3S. The number of amides is 2. The molecule has 160 valence electrons. The third-order valence-corrected chi connectivity index (χ3v) is 6.38. The van der Waals surface area contributed by atoms with E-state index in [4.69, 9.17) is 4.74 Å². The largest absolute Gasteiger partial charge is 0.482 e. The van der Waals surface area contributed by atoms with Gasteiger partial charge in [-0.1, -0.05) is 39.8 Å². The fraction of sp³-hybridized carbons (Fsp3) is 0.238. The lowest BCUT2D eigenvalue weighted by Gasteiger charge is -2.33. The molecule has 31 heavy (non-hydrogen) atoms. The Labute approximate surface area is 192 Å². The van der Waals surface area contributed by atoms with Crippen LogP contribution in [0, 0.1) is 0 Å². The van der Waals surface area contributed by atoms with Gasteiger partial charge in [0.2, 0.25) is 5.91 Å². The predicted molar refractivity (Wildman–Crippen MR) is 122 cm³/mol. The van der Waals surface area contributed by atoms with Crippen LogP contribution in [0.5, 0.6) is 5.75 Å². The van der Waals surface area contributed by atoms with Crippen molar-refractivity contribution in [3.63, 3.8) is 0 Å². The maximum absolute atomic E-state index is 12.6. The van der Waals surface area contributed by atoms with Gasteiger partial charge in [-0.2, -0.15) is 0 Å². The van der Waals surface area contributed by atoms with Gasteiger partial charge in [-0.3, -0.25) is 14.5 Å². The zero-order valence-electron chi connectivity index (χ0n) is 16.9. The number of hydrogen-bond acceptors (Lipinski definition) is 6. The van der Waals surface area contributed by atoms with Crippen LogP contribution in [0.2, 0.25) is 0 Å². The number of carbonyl (C=O) groups excluding carboxylic acids is 2. The molecule has 0 saturated heterocycles. The summed E-state index contributed by atoms with van der Waals surface area (Å²) in [6, 6.07) is 14.5. The molecule has 3 aromatic rings. The smallest absolute Gasteiger partial charge is 0.265 e. The van der Waals surface area contributed by atoms with Crippen LogP contribution in [-0.4, -0.2) is 38.9 Å². The number of aromatic nitrogens is 3. The normalized spacial score (nSPS) is 14.0. The first-order chi connectivity index (χ1) is 14.9. The summed E-state index contributed by atoms with van der Waals surface area (Å²) in [6.07, 6.45) is 0. The first kappa shape index (κ1) is 21.4. The molecule has 0 aliphatic carbocycles. The fourth-order valence-corrected chi connectivity index (χ4v) is 4.32. The number of thioether (sulfide) groups is 1. The number of benzene rings is 2. The Morgan fingerprint density at radius 2 is 1.97 bits per heavy atom. The highest BCUT2D eigenvalue weighted by Gasteiger charge is 2.32. The van der Waals surface area contributed by atoms with Crippen LogP contribution in [0.15, 0.2) is 58.2 Å². The van der Waals surface area contributed by atoms with Crippen LogP contribution in [0.1, 0.15) is 18.8 Å². The molecule has 1 atom stereocenters. The summed E-state index contributed by atoms with van der Waals surface area (Å²) in [5.41, 5.74) is 1.43. The van der Waals surface area contributed by atoms with Gasteiger partial charge in [0.25, 0.3) is 5.91 Å². The highest BCUT2D eigenvalue weighted by molar-refractivity contribution is 9.10. The van der Waals surface area contributed by atoms with Gasteiger partial charge in [0.1, 0.15) is 5.75 Å². The van der Waals surface area contributed by atoms with Crippen molar-refractivity contribution in [2.24, 2.45) is 7.05 Å². The maximum Gasteiger partial charge on any atom is 0.265 e. The average molecular weight is 502 g/mol. The Balaban J connectivity index is 1.45. The van der Waals surface area contributed by atoms with Gasteiger partial charge in [0.15, 0.2) is 17.6 Å². The van der Waals surface area contributed by atoms with Crippen LogP contribution in [-0.2, 0) is 16.6 Å². The van der Waals surface area contributed by atoms with Crippen molar-refractivity contribution in [2.75, 3.05) is 22.6 Å². The minimum absolute atomic E-state index is 0.0168. The summed E-state index contributed by atoms with van der Waals surface area (Å²) in [7, 11) is 1.83. The number of para-hydroxylation sites is 2. The third-order valence-electron chi connectivity index (χ3n) is 4.83. The summed E-state index contributed by atoms with van der Waals surface area (Å²) >= 11 is 4.66. The zero-order chi connectivity index (χ0) is 22.0. The van der Waals surface area contributed by atoms with Gasteiger partial charge in [-0.15, -0.1) is 10.2 Å². The molecule has 0 fully saturated rings. The van der Waals surface area contributed by atoms with Crippen molar-refractivity contribution < 1.29 is 14.3 Å². The molecule has 1 aliphatic rings. The first-order valence-electron chi connectivity index (χ1n) is 9.55. The summed E-state index contributed by atoms with van der Waals surface area (Å²) in [5.74, 6) is 1.20. The minimum Gasteiger partial charge on any atom is -0.482 e. The minimum atomic E-state index is -0.346. The van der Waals surface area contributed by atoms with E-state index in [-0.39, 0.29) is 30.2 Å². The van der Waals surface area contributed by atoms with Gasteiger partial charge < -0.3 is 14.6 Å². The van der Waals surface area contributed by atoms with Gasteiger partial charge in [0, 0.05) is 17.2 Å². The van der Waals surface area contributed by atoms with Crippen LogP contribution >= 0.6 is 27.7 Å². The van der Waals surface area contributed by atoms with Crippen LogP contribution in [0.4, 0.5) is 11.4 Å². The number of nitrogens with zero attached hydrogens (tertiary/aromatic N) is 4. The van der Waals surface area contributed by atoms with Crippen LogP contribution < -0.4 is 15.0 Å². The number of ether oxygens (including phenoxy) is 1. The molecular weight excluding hydrogens is 482 g/mol. The number of carbonyl (C=O) groups is 2. The highest BCUT2D eigenvalue weighted by atomic mass is 79.9. The van der Waals surface area contributed by atoms with Crippen molar-refractivity contribution in [3.8, 4) is 5.75 Å². The van der Waals surface area contributed by atoms with Crippen LogP contribution in [0.3, 0.4) is 0 Å². The van der Waals surface area contributed by atoms with E-state index in [0.717, 1.165) is 10.2 Å². The van der Waals surface area contributed by atoms with E-state index in [2.05, 4.69) is 31.4 Å². The average Bonchev–Trinajstić information content (AvgIpc) is 3.14. The zero-order valence-corrected chi connectivity index (χ0v) is 19.3. The Kier molecular flexibility index (Phi) is 6.28. The van der Waals surface area contributed by atoms with Gasteiger partial charge in [0.05, 0.1) is 17.5 Å². The molecule has 0 bridgehead atoms. The Hall–Kier alpha value is -2.85. The Bertz CT molecular complexity index is 1120. The van der Waals surface area contributed by atoms with Gasteiger partial charge >= 0.3 is 0 Å². The van der Waals surface area contributed by atoms with Gasteiger partial charge in [-0.05, 0) is 43.3 Å². The first-order valence-corrected chi connectivity index (χ1v) is 11.3. The molecule has 1 unspecified atom stereocenters. The molecule has 0 spiro atoms. The lowest BCUT2D eigenvalue weighted by Crippen LogP contribution is -2.41. The van der Waals surface area contributed by atoms with E-state index in [1.54, 1.807) is 4.90 Å². The molecule has 0 saturated carbocycles. The van der Waals surface area contributed by atoms with E-state index in [9.17, 15) is 9.59 Å². The van der Waals surface area contributed by atoms with Gasteiger partial charge in [-0.25, -0.2) is 0 Å². The molecule has 1 aliphatic heterocycles. The monoisotopic (exact) mass is 501 g/mol. The van der Waals surface area contributed by atoms with Crippen molar-refractivity contribution in [3.05, 3.63) is 58.8 Å². The summed E-state index contributed by atoms with van der Waals surface area (Å²) < 4.78 is 8.28. The van der Waals surface area contributed by atoms with Crippen LogP contribution in [0.25, 0.3) is 0 Å². The third kappa shape index (κ3) is 4.59. The summed E-state index contributed by atoms with van der Waals surface area (Å²) in [4.78, 5) is 26.5. The number of halogens is 1. The molecule has 2 aromatic carbocycles. The van der Waals surface area contributed by atoms with E-state index in [0.29, 0.717) is 22.4 Å². The second kappa shape index (κ2) is 9.11. The second-order valence-electron chi connectivity index (χ2n) is 6.94. The van der Waals surface area contributed by atoms with E-state index < -0.39 is 0 Å². The molecule has 1 N–H and O–H groups in total. The lowest BCUT2D eigenvalue weighted by molar-refractivity contribution is -0.121. The molecule has 10 heteroatoms. The summed E-state index contributed by atoms with van der Waals surface area (Å²) in [5, 5.41) is 12.0. The molecule has 8 nitrogen and oxygen atoms in total. The number of rotatable bonds is 6. The lowest BCUT2D eigenvalue weighted by atomic mass is 10.1. The molecule has 2 heterocycles. The molecule has 0 radical (unpaired) electrons. The van der Waals surface area contributed by atoms with Crippen molar-refractivity contribution in [1.29, 1.82) is 0 Å². The van der Waals surface area contributed by atoms with Crippen molar-refractivity contribution >= 4 is 50.9 Å². The molecule has 4 rings (SSSR count). The number of nitrogens with one attached hydrogen (secondary N) is 1. The SMILES string of the molecule is CC(c1nnc(SCC(=O)Nc2ccc(Br)cc2)n1C)N1C(=O)COc2ccccc21. The quantitative estimate of drug-likeness (QED) is 0.516. The fourth-order valence-electron chi connectivity index (χ4n) is 3.34. The summed E-state index contributed by atoms with van der Waals surface area (Å²) in [6.45, 7) is 1.88. The highest BCUT2D eigenvalue weighted by Crippen LogP contribution is 2.37. The van der Waals surface area contributed by atoms with E-state index >= 15 is 0 Å². The number of fused-ring (bicyclic) bond motifs is 1. The topological polar surface area (TPSA) is 89.4 Å².